The molecule has 1 aromatic carbocycles. The van der Waals surface area contributed by atoms with Crippen LogP contribution in [0, 0.1) is 0 Å². The van der Waals surface area contributed by atoms with Gasteiger partial charge in [0.25, 0.3) is 0 Å². The number of halogens is 1. The molecule has 5 nitrogen and oxygen atoms in total. The fourth-order valence-electron chi connectivity index (χ4n) is 1.10. The Morgan fingerprint density at radius 3 is 2.56 bits per heavy atom. The van der Waals surface area contributed by atoms with Gasteiger partial charge in [0.1, 0.15) is 11.9 Å². The topological polar surface area (TPSA) is 72.5 Å². The smallest absolute Gasteiger partial charge is 0.407 e. The van der Waals surface area contributed by atoms with Gasteiger partial charge >= 0.3 is 16.3 Å². The van der Waals surface area contributed by atoms with E-state index in [9.17, 15) is 17.1 Å². The van der Waals surface area contributed by atoms with Crippen molar-refractivity contribution in [2.24, 2.45) is 0 Å². The molecule has 0 heterocycles. The fraction of sp³-hybridized carbons (Fsp3) is 0.364. The lowest BCUT2D eigenvalue weighted by atomic mass is 10.2. The Morgan fingerprint density at radius 2 is 2.00 bits per heavy atom. The molecule has 0 aliphatic heterocycles. The number of ether oxygens (including phenoxy) is 1. The maximum atomic E-state index is 12.5. The average molecular weight is 275 g/mol. The van der Waals surface area contributed by atoms with Crippen molar-refractivity contribution in [3.8, 4) is 0 Å². The molecule has 18 heavy (non-hydrogen) atoms. The van der Waals surface area contributed by atoms with Crippen molar-refractivity contribution in [1.82, 2.24) is 5.32 Å². The number of carbonyl (C=O) groups is 1. The van der Waals surface area contributed by atoms with Crippen LogP contribution in [0.4, 0.5) is 8.68 Å². The first-order valence-corrected chi connectivity index (χ1v) is 6.72. The Bertz CT molecular complexity index is 489. The van der Waals surface area contributed by atoms with E-state index in [1.54, 1.807) is 24.3 Å². The van der Waals surface area contributed by atoms with Gasteiger partial charge in [-0.2, -0.15) is 8.42 Å². The van der Waals surface area contributed by atoms with E-state index in [1.807, 2.05) is 6.07 Å². The number of amides is 1. The molecule has 0 saturated heterocycles. The summed E-state index contributed by atoms with van der Waals surface area (Å²) in [4.78, 5) is 11.2. The summed E-state index contributed by atoms with van der Waals surface area (Å²) in [6, 6.07) is 8.99. The van der Waals surface area contributed by atoms with Gasteiger partial charge in [-0.15, -0.1) is 3.89 Å². The molecule has 1 N–H and O–H groups in total. The number of benzene rings is 1. The Morgan fingerprint density at radius 1 is 1.39 bits per heavy atom. The second kappa shape index (κ2) is 6.34. The zero-order valence-electron chi connectivity index (χ0n) is 9.80. The predicted molar refractivity (Wildman–Crippen MR) is 64.1 cm³/mol. The van der Waals surface area contributed by atoms with Crippen LogP contribution >= 0.6 is 0 Å². The molecular formula is C11H14FNO4S. The van der Waals surface area contributed by atoms with Crippen molar-refractivity contribution in [2.45, 2.75) is 18.8 Å². The third-order valence-corrected chi connectivity index (χ3v) is 3.36. The van der Waals surface area contributed by atoms with Gasteiger partial charge in [-0.05, 0) is 12.5 Å². The van der Waals surface area contributed by atoms with Crippen LogP contribution in [0.1, 0.15) is 12.5 Å². The van der Waals surface area contributed by atoms with Gasteiger partial charge in [0.15, 0.2) is 0 Å². The Hall–Kier alpha value is -1.63. The zero-order valence-corrected chi connectivity index (χ0v) is 10.6. The van der Waals surface area contributed by atoms with Crippen LogP contribution in [0.3, 0.4) is 0 Å². The van der Waals surface area contributed by atoms with Gasteiger partial charge in [0.2, 0.25) is 0 Å². The van der Waals surface area contributed by atoms with E-state index in [0.29, 0.717) is 0 Å². The maximum absolute atomic E-state index is 12.5. The molecule has 0 aromatic heterocycles. The minimum Gasteiger partial charge on any atom is -0.445 e. The first-order chi connectivity index (χ1) is 8.39. The molecule has 0 aliphatic rings. The molecule has 1 atom stereocenters. The molecule has 0 spiro atoms. The zero-order chi connectivity index (χ0) is 13.6. The van der Waals surface area contributed by atoms with Crippen LogP contribution in [0.15, 0.2) is 30.3 Å². The average Bonchev–Trinajstić information content (AvgIpc) is 2.33. The second-order valence-electron chi connectivity index (χ2n) is 3.73. The Balaban J connectivity index is 2.31. The molecule has 0 bridgehead atoms. The third kappa shape index (κ3) is 5.13. The van der Waals surface area contributed by atoms with Crippen molar-refractivity contribution in [3.63, 3.8) is 0 Å². The number of carbonyl (C=O) groups excluding carboxylic acids is 1. The highest BCUT2D eigenvalue weighted by atomic mass is 32.3. The molecule has 0 radical (unpaired) electrons. The molecule has 1 unspecified atom stereocenters. The Labute approximate surface area is 105 Å². The lowest BCUT2D eigenvalue weighted by molar-refractivity contribution is 0.139. The molecule has 7 heteroatoms. The van der Waals surface area contributed by atoms with Crippen molar-refractivity contribution in [3.05, 3.63) is 35.9 Å². The minimum absolute atomic E-state index is 0.0728. The number of nitrogens with one attached hydrogen (secondary N) is 1. The van der Waals surface area contributed by atoms with Crippen LogP contribution in [-0.2, 0) is 21.6 Å². The summed E-state index contributed by atoms with van der Waals surface area (Å²) in [7, 11) is -4.64. The summed E-state index contributed by atoms with van der Waals surface area (Å²) in [5.41, 5.74) is 0.804. The van der Waals surface area contributed by atoms with E-state index in [2.05, 4.69) is 5.32 Å². The van der Waals surface area contributed by atoms with Gasteiger partial charge in [-0.1, -0.05) is 30.3 Å². The first kappa shape index (κ1) is 14.4. The van der Waals surface area contributed by atoms with Crippen molar-refractivity contribution >= 4 is 16.3 Å². The predicted octanol–water partition coefficient (Wildman–Crippen LogP) is 1.60. The van der Waals surface area contributed by atoms with Gasteiger partial charge in [-0.25, -0.2) is 4.79 Å². The van der Waals surface area contributed by atoms with E-state index < -0.39 is 21.6 Å². The summed E-state index contributed by atoms with van der Waals surface area (Å²) < 4.78 is 38.2. The van der Waals surface area contributed by atoms with Gasteiger partial charge < -0.3 is 10.1 Å². The van der Waals surface area contributed by atoms with Gasteiger partial charge in [-0.3, -0.25) is 0 Å². The van der Waals surface area contributed by atoms with Crippen LogP contribution in [-0.4, -0.2) is 26.3 Å². The lowest BCUT2D eigenvalue weighted by Crippen LogP contribution is -2.33. The summed E-state index contributed by atoms with van der Waals surface area (Å²) in [5.74, 6) is 0. The van der Waals surface area contributed by atoms with Crippen LogP contribution in [0.25, 0.3) is 0 Å². The SMILES string of the molecule is CC(CNC(=O)OCc1ccccc1)S(=O)(=O)F. The van der Waals surface area contributed by atoms with E-state index in [4.69, 9.17) is 4.74 Å². The van der Waals surface area contributed by atoms with Gasteiger partial charge in [0, 0.05) is 6.54 Å². The summed E-state index contributed by atoms with van der Waals surface area (Å²) in [5, 5.41) is 0.889. The molecule has 0 aliphatic carbocycles. The van der Waals surface area contributed by atoms with Crippen LogP contribution < -0.4 is 5.32 Å². The largest absolute Gasteiger partial charge is 0.445 e. The van der Waals surface area contributed by atoms with E-state index >= 15 is 0 Å². The number of hydrogen-bond acceptors (Lipinski definition) is 4. The monoisotopic (exact) mass is 275 g/mol. The highest BCUT2D eigenvalue weighted by Crippen LogP contribution is 2.02. The van der Waals surface area contributed by atoms with E-state index in [0.717, 1.165) is 12.5 Å². The van der Waals surface area contributed by atoms with Crippen molar-refractivity contribution < 1.29 is 21.8 Å². The molecule has 0 fully saturated rings. The molecule has 100 valence electrons. The highest BCUT2D eigenvalue weighted by Gasteiger charge is 2.20. The molecule has 1 rings (SSSR count). The molecule has 1 amide bonds. The van der Waals surface area contributed by atoms with Crippen molar-refractivity contribution in [1.29, 1.82) is 0 Å². The summed E-state index contributed by atoms with van der Waals surface area (Å²) in [6.45, 7) is 0.905. The molecule has 0 saturated carbocycles. The minimum atomic E-state index is -4.64. The van der Waals surface area contributed by atoms with Crippen LogP contribution in [0.2, 0.25) is 0 Å². The third-order valence-electron chi connectivity index (χ3n) is 2.23. The van der Waals surface area contributed by atoms with E-state index in [-0.39, 0.29) is 13.2 Å². The molecular weight excluding hydrogens is 261 g/mol. The van der Waals surface area contributed by atoms with Gasteiger partial charge in [0.05, 0.1) is 0 Å². The Kier molecular flexibility index (Phi) is 5.08. The van der Waals surface area contributed by atoms with Crippen LogP contribution in [0.5, 0.6) is 0 Å². The summed E-state index contributed by atoms with van der Waals surface area (Å²) >= 11 is 0. The standard InChI is InChI=1S/C11H14FNO4S/c1-9(18(12,15)16)7-13-11(14)17-8-10-5-3-2-4-6-10/h2-6,9H,7-8H2,1H3,(H,13,14). The lowest BCUT2D eigenvalue weighted by Gasteiger charge is -2.09. The highest BCUT2D eigenvalue weighted by molar-refractivity contribution is 7.87. The van der Waals surface area contributed by atoms with E-state index in [1.165, 1.54) is 0 Å². The quantitative estimate of drug-likeness (QED) is 0.828. The fourth-order valence-corrected chi connectivity index (χ4v) is 1.38. The second-order valence-corrected chi connectivity index (χ2v) is 5.48. The molecule has 1 aromatic rings. The maximum Gasteiger partial charge on any atom is 0.407 e. The normalized spacial score (nSPS) is 12.8. The summed E-state index contributed by atoms with van der Waals surface area (Å²) in [6.07, 6.45) is -0.783. The van der Waals surface area contributed by atoms with Crippen molar-refractivity contribution in [2.75, 3.05) is 6.54 Å². The number of rotatable bonds is 5. The first-order valence-electron chi connectivity index (χ1n) is 5.27. The number of alkyl carbamates (subject to hydrolysis) is 1. The number of hydrogen-bond donors (Lipinski definition) is 1.